The van der Waals surface area contributed by atoms with E-state index in [1.54, 1.807) is 31.2 Å². The minimum Gasteiger partial charge on any atom is -0.482 e. The number of nitrogens with one attached hydrogen (secondary N) is 1. The summed E-state index contributed by atoms with van der Waals surface area (Å²) in [5, 5.41) is 2.98. The van der Waals surface area contributed by atoms with Crippen LogP contribution in [0.3, 0.4) is 0 Å². The number of carbonyl (C=O) groups is 2. The summed E-state index contributed by atoms with van der Waals surface area (Å²) in [6.45, 7) is 4.02. The minimum atomic E-state index is -0.393. The van der Waals surface area contributed by atoms with E-state index in [4.69, 9.17) is 9.47 Å². The first-order valence-corrected chi connectivity index (χ1v) is 8.23. The summed E-state index contributed by atoms with van der Waals surface area (Å²) < 4.78 is 10.1. The Bertz CT molecular complexity index is 532. The number of amides is 1. The molecule has 1 N–H and O–H groups in total. The molecule has 23 heavy (non-hydrogen) atoms. The molecule has 0 radical (unpaired) electrons. The summed E-state index contributed by atoms with van der Waals surface area (Å²) in [4.78, 5) is 23.7. The molecule has 1 amide bonds. The molecule has 1 aromatic rings. The zero-order valence-corrected chi connectivity index (χ0v) is 13.9. The molecule has 1 aliphatic carbocycles. The van der Waals surface area contributed by atoms with Crippen molar-refractivity contribution < 1.29 is 19.1 Å². The zero-order valence-electron chi connectivity index (χ0n) is 13.9. The number of esters is 1. The van der Waals surface area contributed by atoms with E-state index in [1.165, 1.54) is 6.42 Å². The molecule has 126 valence electrons. The Morgan fingerprint density at radius 3 is 2.39 bits per heavy atom. The Kier molecular flexibility index (Phi) is 6.02. The summed E-state index contributed by atoms with van der Waals surface area (Å²) in [6.07, 6.45) is 5.34. The van der Waals surface area contributed by atoms with Crippen molar-refractivity contribution in [3.63, 3.8) is 0 Å². The fourth-order valence-electron chi connectivity index (χ4n) is 2.82. The van der Waals surface area contributed by atoms with Crippen LogP contribution in [0.5, 0.6) is 5.75 Å². The molecule has 0 saturated heterocycles. The molecule has 1 saturated carbocycles. The highest BCUT2D eigenvalue weighted by atomic mass is 16.6. The van der Waals surface area contributed by atoms with Crippen molar-refractivity contribution in [3.8, 4) is 5.75 Å². The van der Waals surface area contributed by atoms with Crippen molar-refractivity contribution in [3.05, 3.63) is 24.3 Å². The summed E-state index contributed by atoms with van der Waals surface area (Å²) in [5.41, 5.74) is 0.474. The summed E-state index contributed by atoms with van der Waals surface area (Å²) in [5.74, 6) is 0.257. The molecule has 0 spiro atoms. The van der Waals surface area contributed by atoms with Crippen LogP contribution in [-0.2, 0) is 14.3 Å². The average molecular weight is 319 g/mol. The number of carbonyl (C=O) groups excluding carboxylic acids is 2. The van der Waals surface area contributed by atoms with E-state index in [0.29, 0.717) is 12.4 Å². The number of hydrogen-bond acceptors (Lipinski definition) is 4. The van der Waals surface area contributed by atoms with Gasteiger partial charge in [0.05, 0.1) is 6.61 Å². The van der Waals surface area contributed by atoms with Crippen molar-refractivity contribution in [1.82, 2.24) is 0 Å². The van der Waals surface area contributed by atoms with Crippen LogP contribution in [0.1, 0.15) is 46.0 Å². The van der Waals surface area contributed by atoms with E-state index in [2.05, 4.69) is 5.32 Å². The first-order valence-electron chi connectivity index (χ1n) is 8.23. The smallest absolute Gasteiger partial charge is 0.344 e. The number of anilines is 1. The Hall–Kier alpha value is -2.04. The number of ether oxygens (including phenoxy) is 2. The van der Waals surface area contributed by atoms with Gasteiger partial charge in [0.2, 0.25) is 5.91 Å². The van der Waals surface area contributed by atoms with Gasteiger partial charge in [-0.15, -0.1) is 0 Å². The van der Waals surface area contributed by atoms with E-state index >= 15 is 0 Å². The van der Waals surface area contributed by atoms with Gasteiger partial charge in [0, 0.05) is 11.1 Å². The molecule has 1 fully saturated rings. The quantitative estimate of drug-likeness (QED) is 0.815. The summed E-state index contributed by atoms with van der Waals surface area (Å²) in [6, 6.07) is 7.03. The van der Waals surface area contributed by atoms with Crippen LogP contribution in [0.15, 0.2) is 24.3 Å². The van der Waals surface area contributed by atoms with Crippen molar-refractivity contribution >= 4 is 17.6 Å². The van der Waals surface area contributed by atoms with Crippen LogP contribution in [0.2, 0.25) is 0 Å². The van der Waals surface area contributed by atoms with E-state index in [1.807, 2.05) is 6.92 Å². The number of benzene rings is 1. The Morgan fingerprint density at radius 2 is 1.78 bits per heavy atom. The first kappa shape index (κ1) is 17.3. The van der Waals surface area contributed by atoms with Gasteiger partial charge in [-0.05, 0) is 44.0 Å². The van der Waals surface area contributed by atoms with Crippen LogP contribution in [0.4, 0.5) is 5.69 Å². The predicted octanol–water partition coefficient (Wildman–Crippen LogP) is 3.54. The maximum absolute atomic E-state index is 12.5. The van der Waals surface area contributed by atoms with E-state index in [-0.39, 0.29) is 17.9 Å². The normalized spacial score (nSPS) is 16.4. The van der Waals surface area contributed by atoms with Crippen LogP contribution in [0, 0.1) is 5.41 Å². The van der Waals surface area contributed by atoms with Crippen molar-refractivity contribution in [2.45, 2.75) is 46.0 Å². The molecular formula is C18H25NO4. The number of hydrogen-bond donors (Lipinski definition) is 1. The van der Waals surface area contributed by atoms with E-state index in [9.17, 15) is 9.59 Å². The van der Waals surface area contributed by atoms with Gasteiger partial charge in [0.25, 0.3) is 0 Å². The van der Waals surface area contributed by atoms with Gasteiger partial charge in [0.1, 0.15) is 5.75 Å². The highest BCUT2D eigenvalue weighted by Crippen LogP contribution is 2.36. The van der Waals surface area contributed by atoms with Gasteiger partial charge >= 0.3 is 5.97 Å². The lowest BCUT2D eigenvalue weighted by Crippen LogP contribution is -2.35. The van der Waals surface area contributed by atoms with Gasteiger partial charge in [-0.3, -0.25) is 4.79 Å². The molecule has 0 bridgehead atoms. The third kappa shape index (κ3) is 4.98. The fraction of sp³-hybridized carbons (Fsp3) is 0.556. The average Bonchev–Trinajstić information content (AvgIpc) is 2.55. The molecule has 0 atom stereocenters. The largest absolute Gasteiger partial charge is 0.482 e. The summed E-state index contributed by atoms with van der Waals surface area (Å²) in [7, 11) is 0. The van der Waals surface area contributed by atoms with Crippen LogP contribution in [-0.4, -0.2) is 25.1 Å². The molecule has 0 unspecified atom stereocenters. The molecule has 5 nitrogen and oxygen atoms in total. The van der Waals surface area contributed by atoms with E-state index < -0.39 is 5.97 Å². The third-order valence-corrected chi connectivity index (χ3v) is 4.28. The molecule has 5 heteroatoms. The molecule has 0 heterocycles. The van der Waals surface area contributed by atoms with Crippen LogP contribution < -0.4 is 10.1 Å². The van der Waals surface area contributed by atoms with Crippen LogP contribution >= 0.6 is 0 Å². The highest BCUT2D eigenvalue weighted by Gasteiger charge is 2.34. The first-order chi connectivity index (χ1) is 11.0. The van der Waals surface area contributed by atoms with Gasteiger partial charge in [-0.25, -0.2) is 4.79 Å². The zero-order chi connectivity index (χ0) is 16.7. The molecule has 0 aliphatic heterocycles. The molecule has 1 aromatic carbocycles. The van der Waals surface area contributed by atoms with Crippen molar-refractivity contribution in [2.24, 2.45) is 5.41 Å². The number of rotatable bonds is 6. The molecule has 2 rings (SSSR count). The maximum Gasteiger partial charge on any atom is 0.344 e. The van der Waals surface area contributed by atoms with Gasteiger partial charge in [-0.2, -0.15) is 0 Å². The second-order valence-corrected chi connectivity index (χ2v) is 6.19. The standard InChI is InChI=1S/C18H25NO4/c1-3-22-16(20)13-23-15-9-7-14(8-10-15)19-17(21)18(2)11-5-4-6-12-18/h7-10H,3-6,11-13H2,1-2H3,(H,19,21). The predicted molar refractivity (Wildman–Crippen MR) is 88.4 cm³/mol. The van der Waals surface area contributed by atoms with Crippen LogP contribution in [0.25, 0.3) is 0 Å². The van der Waals surface area contributed by atoms with Gasteiger partial charge < -0.3 is 14.8 Å². The lowest BCUT2D eigenvalue weighted by molar-refractivity contribution is -0.145. The Balaban J connectivity index is 1.87. The van der Waals surface area contributed by atoms with E-state index in [0.717, 1.165) is 31.4 Å². The minimum absolute atomic E-state index is 0.0809. The molecule has 0 aromatic heterocycles. The topological polar surface area (TPSA) is 64.6 Å². The Morgan fingerprint density at radius 1 is 1.13 bits per heavy atom. The van der Waals surface area contributed by atoms with Gasteiger partial charge in [-0.1, -0.05) is 26.2 Å². The third-order valence-electron chi connectivity index (χ3n) is 4.28. The fourth-order valence-corrected chi connectivity index (χ4v) is 2.82. The second-order valence-electron chi connectivity index (χ2n) is 6.19. The van der Waals surface area contributed by atoms with Crippen molar-refractivity contribution in [1.29, 1.82) is 0 Å². The lowest BCUT2D eigenvalue weighted by atomic mass is 9.75. The monoisotopic (exact) mass is 319 g/mol. The van der Waals surface area contributed by atoms with Gasteiger partial charge in [0.15, 0.2) is 6.61 Å². The highest BCUT2D eigenvalue weighted by molar-refractivity contribution is 5.95. The van der Waals surface area contributed by atoms with Crippen molar-refractivity contribution in [2.75, 3.05) is 18.5 Å². The Labute approximate surface area is 137 Å². The second kappa shape index (κ2) is 7.99. The molecule has 1 aliphatic rings. The molecular weight excluding hydrogens is 294 g/mol. The lowest BCUT2D eigenvalue weighted by Gasteiger charge is -2.32. The SMILES string of the molecule is CCOC(=O)COc1ccc(NC(=O)C2(C)CCCCC2)cc1. The maximum atomic E-state index is 12.5. The summed E-state index contributed by atoms with van der Waals surface area (Å²) >= 11 is 0.